The molecule has 1 heterocycles. The summed E-state index contributed by atoms with van der Waals surface area (Å²) in [5.41, 5.74) is 6.18. The van der Waals surface area contributed by atoms with Gasteiger partial charge in [-0.05, 0) is 24.3 Å². The Morgan fingerprint density at radius 2 is 1.87 bits per heavy atom. The first-order valence-corrected chi connectivity index (χ1v) is 4.46. The standard InChI is InChI=1S/C9H8ClN3O.ClH/c10-7-3-1-6(2-4-7)9-13-12-8(5-11)14-9;/h1-4H,5,11H2;1H. The summed E-state index contributed by atoms with van der Waals surface area (Å²) in [5, 5.41) is 8.28. The van der Waals surface area contributed by atoms with Crippen molar-refractivity contribution in [1.29, 1.82) is 0 Å². The van der Waals surface area contributed by atoms with Crippen molar-refractivity contribution in [3.8, 4) is 11.5 Å². The molecule has 0 aliphatic carbocycles. The van der Waals surface area contributed by atoms with Crippen molar-refractivity contribution in [2.45, 2.75) is 6.54 Å². The van der Waals surface area contributed by atoms with Crippen LogP contribution in [0.15, 0.2) is 28.7 Å². The Balaban J connectivity index is 0.00000112. The molecule has 0 spiro atoms. The molecule has 0 bridgehead atoms. The Labute approximate surface area is 97.9 Å². The zero-order valence-corrected chi connectivity index (χ0v) is 9.26. The fraction of sp³-hybridized carbons (Fsp3) is 0.111. The third-order valence-corrected chi connectivity index (χ3v) is 1.98. The molecule has 1 aromatic heterocycles. The van der Waals surface area contributed by atoms with E-state index in [2.05, 4.69) is 10.2 Å². The first kappa shape index (κ1) is 12.0. The highest BCUT2D eigenvalue weighted by Gasteiger charge is 2.06. The SMILES string of the molecule is Cl.NCc1nnc(-c2ccc(Cl)cc2)o1. The van der Waals surface area contributed by atoms with Gasteiger partial charge in [0.25, 0.3) is 0 Å². The highest BCUT2D eigenvalue weighted by atomic mass is 35.5. The van der Waals surface area contributed by atoms with E-state index in [-0.39, 0.29) is 19.0 Å². The fourth-order valence-electron chi connectivity index (χ4n) is 1.05. The first-order chi connectivity index (χ1) is 6.79. The predicted octanol–water partition coefficient (Wildman–Crippen LogP) is 2.27. The zero-order chi connectivity index (χ0) is 9.97. The second kappa shape index (κ2) is 5.11. The summed E-state index contributed by atoms with van der Waals surface area (Å²) in [5.74, 6) is 0.886. The van der Waals surface area contributed by atoms with Crippen LogP contribution in [0.2, 0.25) is 5.02 Å². The third-order valence-electron chi connectivity index (χ3n) is 1.73. The average Bonchev–Trinajstić information content (AvgIpc) is 2.67. The summed E-state index contributed by atoms with van der Waals surface area (Å²) in [6.45, 7) is 0.251. The lowest BCUT2D eigenvalue weighted by atomic mass is 10.2. The van der Waals surface area contributed by atoms with Gasteiger partial charge in [-0.2, -0.15) is 0 Å². The van der Waals surface area contributed by atoms with Gasteiger partial charge in [-0.3, -0.25) is 0 Å². The summed E-state index contributed by atoms with van der Waals surface area (Å²) in [7, 11) is 0. The van der Waals surface area contributed by atoms with E-state index in [0.29, 0.717) is 16.8 Å². The van der Waals surface area contributed by atoms with Crippen molar-refractivity contribution in [3.63, 3.8) is 0 Å². The second-order valence-electron chi connectivity index (χ2n) is 2.71. The van der Waals surface area contributed by atoms with Gasteiger partial charge in [0.1, 0.15) is 0 Å². The molecule has 0 atom stereocenters. The van der Waals surface area contributed by atoms with E-state index in [1.165, 1.54) is 0 Å². The number of benzene rings is 1. The molecule has 15 heavy (non-hydrogen) atoms. The van der Waals surface area contributed by atoms with Crippen LogP contribution in [0.5, 0.6) is 0 Å². The Bertz CT molecular complexity index is 427. The van der Waals surface area contributed by atoms with E-state index >= 15 is 0 Å². The molecule has 0 aliphatic rings. The number of hydrogen-bond acceptors (Lipinski definition) is 4. The number of rotatable bonds is 2. The summed E-state index contributed by atoms with van der Waals surface area (Å²) >= 11 is 5.74. The van der Waals surface area contributed by atoms with Gasteiger partial charge in [0, 0.05) is 10.6 Å². The number of halogens is 2. The Morgan fingerprint density at radius 3 is 2.40 bits per heavy atom. The number of nitrogens with zero attached hydrogens (tertiary/aromatic N) is 2. The van der Waals surface area contributed by atoms with Crippen molar-refractivity contribution in [1.82, 2.24) is 10.2 Å². The van der Waals surface area contributed by atoms with Gasteiger partial charge in [-0.25, -0.2) is 0 Å². The van der Waals surface area contributed by atoms with Crippen LogP contribution in [0, 0.1) is 0 Å². The van der Waals surface area contributed by atoms with Gasteiger partial charge in [-0.15, -0.1) is 22.6 Å². The molecule has 0 aliphatic heterocycles. The van der Waals surface area contributed by atoms with Crippen LogP contribution in [0.4, 0.5) is 0 Å². The minimum absolute atomic E-state index is 0. The van der Waals surface area contributed by atoms with Crippen molar-refractivity contribution in [2.24, 2.45) is 5.73 Å². The molecule has 0 unspecified atom stereocenters. The maximum absolute atomic E-state index is 5.74. The molecular formula is C9H9Cl2N3O. The Kier molecular flexibility index (Phi) is 4.08. The molecule has 0 amide bonds. The molecule has 0 saturated heterocycles. The Hall–Kier alpha value is -1.10. The van der Waals surface area contributed by atoms with E-state index in [1.807, 2.05) is 12.1 Å². The topological polar surface area (TPSA) is 64.9 Å². The minimum atomic E-state index is 0. The third kappa shape index (κ3) is 2.68. The molecule has 0 radical (unpaired) electrons. The van der Waals surface area contributed by atoms with Gasteiger partial charge < -0.3 is 10.2 Å². The van der Waals surface area contributed by atoms with E-state index in [4.69, 9.17) is 21.8 Å². The summed E-state index contributed by atoms with van der Waals surface area (Å²) in [4.78, 5) is 0. The van der Waals surface area contributed by atoms with Crippen LogP contribution >= 0.6 is 24.0 Å². The van der Waals surface area contributed by atoms with Gasteiger partial charge in [0.2, 0.25) is 11.8 Å². The molecule has 80 valence electrons. The van der Waals surface area contributed by atoms with Crippen molar-refractivity contribution < 1.29 is 4.42 Å². The van der Waals surface area contributed by atoms with Crippen LogP contribution in [-0.4, -0.2) is 10.2 Å². The van der Waals surface area contributed by atoms with Gasteiger partial charge >= 0.3 is 0 Å². The lowest BCUT2D eigenvalue weighted by molar-refractivity contribution is 0.508. The van der Waals surface area contributed by atoms with Crippen molar-refractivity contribution in [3.05, 3.63) is 35.2 Å². The number of aromatic nitrogens is 2. The first-order valence-electron chi connectivity index (χ1n) is 4.08. The van der Waals surface area contributed by atoms with Gasteiger partial charge in [0.15, 0.2) is 0 Å². The largest absolute Gasteiger partial charge is 0.419 e. The van der Waals surface area contributed by atoms with E-state index in [1.54, 1.807) is 12.1 Å². The number of nitrogens with two attached hydrogens (primary N) is 1. The zero-order valence-electron chi connectivity index (χ0n) is 7.68. The van der Waals surface area contributed by atoms with Crippen LogP contribution in [-0.2, 0) is 6.54 Å². The lowest BCUT2D eigenvalue weighted by Gasteiger charge is -1.93. The molecule has 4 nitrogen and oxygen atoms in total. The molecule has 6 heteroatoms. The normalized spacial score (nSPS) is 9.73. The molecule has 2 rings (SSSR count). The van der Waals surface area contributed by atoms with Gasteiger partial charge in [0.05, 0.1) is 6.54 Å². The highest BCUT2D eigenvalue weighted by molar-refractivity contribution is 6.30. The van der Waals surface area contributed by atoms with Crippen LogP contribution in [0.25, 0.3) is 11.5 Å². The quantitative estimate of drug-likeness (QED) is 0.882. The molecule has 2 aromatic rings. The van der Waals surface area contributed by atoms with Crippen LogP contribution in [0.3, 0.4) is 0 Å². The second-order valence-corrected chi connectivity index (χ2v) is 3.15. The van der Waals surface area contributed by atoms with E-state index < -0.39 is 0 Å². The maximum atomic E-state index is 5.74. The maximum Gasteiger partial charge on any atom is 0.247 e. The molecular weight excluding hydrogens is 237 g/mol. The molecule has 1 aromatic carbocycles. The Morgan fingerprint density at radius 1 is 1.20 bits per heavy atom. The highest BCUT2D eigenvalue weighted by Crippen LogP contribution is 2.19. The van der Waals surface area contributed by atoms with E-state index in [9.17, 15) is 0 Å². The molecule has 0 saturated carbocycles. The average molecular weight is 246 g/mol. The lowest BCUT2D eigenvalue weighted by Crippen LogP contribution is -1.95. The van der Waals surface area contributed by atoms with Gasteiger partial charge in [-0.1, -0.05) is 11.6 Å². The minimum Gasteiger partial charge on any atom is -0.419 e. The number of hydrogen-bond donors (Lipinski definition) is 1. The van der Waals surface area contributed by atoms with E-state index in [0.717, 1.165) is 5.56 Å². The molecule has 0 fully saturated rings. The smallest absolute Gasteiger partial charge is 0.247 e. The summed E-state index contributed by atoms with van der Waals surface area (Å²) in [6.07, 6.45) is 0. The summed E-state index contributed by atoms with van der Waals surface area (Å²) < 4.78 is 5.27. The fourth-order valence-corrected chi connectivity index (χ4v) is 1.17. The van der Waals surface area contributed by atoms with Crippen LogP contribution in [0.1, 0.15) is 5.89 Å². The van der Waals surface area contributed by atoms with Crippen molar-refractivity contribution >= 4 is 24.0 Å². The monoisotopic (exact) mass is 245 g/mol. The predicted molar refractivity (Wildman–Crippen MR) is 59.9 cm³/mol. The van der Waals surface area contributed by atoms with Crippen molar-refractivity contribution in [2.75, 3.05) is 0 Å². The summed E-state index contributed by atoms with van der Waals surface area (Å²) in [6, 6.07) is 7.17. The molecule has 2 N–H and O–H groups in total. The van der Waals surface area contributed by atoms with Crippen LogP contribution < -0.4 is 5.73 Å².